The van der Waals surface area contributed by atoms with Gasteiger partial charge in [0.15, 0.2) is 11.5 Å². The lowest BCUT2D eigenvalue weighted by Gasteiger charge is -2.14. The summed E-state index contributed by atoms with van der Waals surface area (Å²) in [6.45, 7) is 0.182. The Morgan fingerprint density at radius 2 is 1.74 bits per heavy atom. The third-order valence-electron chi connectivity index (χ3n) is 5.03. The van der Waals surface area contributed by atoms with Crippen molar-refractivity contribution in [1.29, 1.82) is 0 Å². The number of fused-ring (bicyclic) bond motifs is 2. The number of carbonyl (C=O) groups excluding carboxylic acids is 1. The SMILES string of the molecule is COc1ccccc1Nc1ncc(C(=O)Nc2ccc3c(c2)OCO3)c2ccccc12. The number of aromatic nitrogens is 1. The van der Waals surface area contributed by atoms with E-state index in [1.54, 1.807) is 31.5 Å². The first-order valence-electron chi connectivity index (χ1n) is 9.72. The van der Waals surface area contributed by atoms with Gasteiger partial charge in [-0.25, -0.2) is 4.98 Å². The molecule has 0 fully saturated rings. The Labute approximate surface area is 178 Å². The molecule has 1 amide bonds. The van der Waals surface area contributed by atoms with Crippen LogP contribution in [0.15, 0.2) is 72.9 Å². The van der Waals surface area contributed by atoms with Crippen LogP contribution in [0.5, 0.6) is 17.2 Å². The molecule has 2 N–H and O–H groups in total. The van der Waals surface area contributed by atoms with E-state index in [4.69, 9.17) is 14.2 Å². The third-order valence-corrected chi connectivity index (χ3v) is 5.03. The van der Waals surface area contributed by atoms with E-state index in [9.17, 15) is 4.79 Å². The highest BCUT2D eigenvalue weighted by Gasteiger charge is 2.17. The standard InChI is InChI=1S/C24H19N3O4/c1-29-20-9-5-4-8-19(20)27-23-17-7-3-2-6-16(17)18(13-25-23)24(28)26-15-10-11-21-22(12-15)31-14-30-21/h2-13H,14H2,1H3,(H,25,27)(H,26,28). The molecule has 3 aromatic carbocycles. The number of rotatable bonds is 5. The van der Waals surface area contributed by atoms with Crippen molar-refractivity contribution in [3.8, 4) is 17.2 Å². The number of anilines is 3. The van der Waals surface area contributed by atoms with E-state index in [0.29, 0.717) is 34.3 Å². The maximum atomic E-state index is 13.0. The normalized spacial score (nSPS) is 11.9. The first kappa shape index (κ1) is 18.7. The number of nitrogens with one attached hydrogen (secondary N) is 2. The van der Waals surface area contributed by atoms with Gasteiger partial charge in [-0.1, -0.05) is 36.4 Å². The van der Waals surface area contributed by atoms with Gasteiger partial charge < -0.3 is 24.8 Å². The fraction of sp³-hybridized carbons (Fsp3) is 0.0833. The highest BCUT2D eigenvalue weighted by atomic mass is 16.7. The molecular formula is C24H19N3O4. The van der Waals surface area contributed by atoms with Crippen LogP contribution >= 0.6 is 0 Å². The van der Waals surface area contributed by atoms with Crippen LogP contribution in [0, 0.1) is 0 Å². The summed E-state index contributed by atoms with van der Waals surface area (Å²) in [6.07, 6.45) is 1.57. The fourth-order valence-corrected chi connectivity index (χ4v) is 3.52. The van der Waals surface area contributed by atoms with Gasteiger partial charge in [0.2, 0.25) is 6.79 Å². The number of ether oxygens (including phenoxy) is 3. The summed E-state index contributed by atoms with van der Waals surface area (Å²) in [4.78, 5) is 17.6. The largest absolute Gasteiger partial charge is 0.495 e. The molecule has 7 nitrogen and oxygen atoms in total. The number of para-hydroxylation sites is 2. The molecule has 154 valence electrons. The van der Waals surface area contributed by atoms with Crippen LogP contribution in [-0.4, -0.2) is 24.8 Å². The van der Waals surface area contributed by atoms with Crippen molar-refractivity contribution < 1.29 is 19.0 Å². The molecule has 0 spiro atoms. The Bertz CT molecular complexity index is 1290. The van der Waals surface area contributed by atoms with Crippen LogP contribution in [0.4, 0.5) is 17.2 Å². The first-order valence-corrected chi connectivity index (χ1v) is 9.72. The molecule has 1 aliphatic rings. The average Bonchev–Trinajstić information content (AvgIpc) is 3.27. The zero-order valence-corrected chi connectivity index (χ0v) is 16.7. The van der Waals surface area contributed by atoms with Crippen molar-refractivity contribution >= 4 is 33.9 Å². The van der Waals surface area contributed by atoms with E-state index in [1.165, 1.54) is 0 Å². The van der Waals surface area contributed by atoms with Gasteiger partial charge in [0, 0.05) is 23.3 Å². The summed E-state index contributed by atoms with van der Waals surface area (Å²) >= 11 is 0. The summed E-state index contributed by atoms with van der Waals surface area (Å²) < 4.78 is 16.1. The number of carbonyl (C=O) groups is 1. The minimum atomic E-state index is -0.258. The van der Waals surface area contributed by atoms with Crippen molar-refractivity contribution in [3.63, 3.8) is 0 Å². The number of benzene rings is 3. The van der Waals surface area contributed by atoms with Gasteiger partial charge in [0.05, 0.1) is 18.4 Å². The molecule has 0 atom stereocenters. The lowest BCUT2D eigenvalue weighted by Crippen LogP contribution is -2.13. The minimum Gasteiger partial charge on any atom is -0.495 e. The van der Waals surface area contributed by atoms with Crippen LogP contribution in [0.2, 0.25) is 0 Å². The molecule has 0 aliphatic carbocycles. The van der Waals surface area contributed by atoms with E-state index in [-0.39, 0.29) is 12.7 Å². The van der Waals surface area contributed by atoms with Crippen LogP contribution in [0.1, 0.15) is 10.4 Å². The van der Waals surface area contributed by atoms with Gasteiger partial charge in [0.25, 0.3) is 5.91 Å². The highest BCUT2D eigenvalue weighted by Crippen LogP contribution is 2.35. The molecule has 1 aromatic heterocycles. The number of amides is 1. The quantitative estimate of drug-likeness (QED) is 0.481. The van der Waals surface area contributed by atoms with Crippen molar-refractivity contribution in [2.45, 2.75) is 0 Å². The predicted octanol–water partition coefficient (Wildman–Crippen LogP) is 4.97. The van der Waals surface area contributed by atoms with Crippen molar-refractivity contribution in [3.05, 3.63) is 78.5 Å². The van der Waals surface area contributed by atoms with Crippen molar-refractivity contribution in [1.82, 2.24) is 4.98 Å². The lowest BCUT2D eigenvalue weighted by atomic mass is 10.1. The second-order valence-corrected chi connectivity index (χ2v) is 6.91. The monoisotopic (exact) mass is 413 g/mol. The average molecular weight is 413 g/mol. The van der Waals surface area contributed by atoms with E-state index < -0.39 is 0 Å². The number of nitrogens with zero attached hydrogens (tertiary/aromatic N) is 1. The number of hydrogen-bond donors (Lipinski definition) is 2. The number of methoxy groups -OCH3 is 1. The maximum Gasteiger partial charge on any atom is 0.257 e. The van der Waals surface area contributed by atoms with E-state index >= 15 is 0 Å². The Hall–Kier alpha value is -4.26. The zero-order valence-electron chi connectivity index (χ0n) is 16.7. The molecule has 0 radical (unpaired) electrons. The molecule has 4 aromatic rings. The minimum absolute atomic E-state index is 0.182. The molecule has 1 aliphatic heterocycles. The first-order chi connectivity index (χ1) is 15.2. The second-order valence-electron chi connectivity index (χ2n) is 6.91. The Balaban J connectivity index is 1.47. The molecular weight excluding hydrogens is 394 g/mol. The summed E-state index contributed by atoms with van der Waals surface area (Å²) in [7, 11) is 1.62. The Kier molecular flexibility index (Phi) is 4.76. The fourth-order valence-electron chi connectivity index (χ4n) is 3.52. The van der Waals surface area contributed by atoms with E-state index in [0.717, 1.165) is 16.5 Å². The number of pyridine rings is 1. The van der Waals surface area contributed by atoms with Gasteiger partial charge in [-0.05, 0) is 29.7 Å². The van der Waals surface area contributed by atoms with Crippen molar-refractivity contribution in [2.75, 3.05) is 24.5 Å². The predicted molar refractivity (Wildman–Crippen MR) is 119 cm³/mol. The van der Waals surface area contributed by atoms with Crippen LogP contribution in [0.3, 0.4) is 0 Å². The van der Waals surface area contributed by atoms with Gasteiger partial charge in [0.1, 0.15) is 11.6 Å². The van der Waals surface area contributed by atoms with Crippen LogP contribution in [0.25, 0.3) is 10.8 Å². The molecule has 5 rings (SSSR count). The Morgan fingerprint density at radius 3 is 2.61 bits per heavy atom. The van der Waals surface area contributed by atoms with E-state index in [2.05, 4.69) is 15.6 Å². The molecule has 0 saturated carbocycles. The lowest BCUT2D eigenvalue weighted by molar-refractivity contribution is 0.102. The summed E-state index contributed by atoms with van der Waals surface area (Å²) in [5, 5.41) is 7.84. The summed E-state index contributed by atoms with van der Waals surface area (Å²) in [5.41, 5.74) is 1.88. The topological polar surface area (TPSA) is 81.7 Å². The molecule has 0 saturated heterocycles. The molecule has 0 unspecified atom stereocenters. The van der Waals surface area contributed by atoms with Gasteiger partial charge in [-0.2, -0.15) is 0 Å². The molecule has 31 heavy (non-hydrogen) atoms. The highest BCUT2D eigenvalue weighted by molar-refractivity contribution is 6.14. The van der Waals surface area contributed by atoms with Gasteiger partial charge in [-0.15, -0.1) is 0 Å². The molecule has 2 heterocycles. The van der Waals surface area contributed by atoms with Crippen molar-refractivity contribution in [2.24, 2.45) is 0 Å². The van der Waals surface area contributed by atoms with Crippen LogP contribution in [-0.2, 0) is 0 Å². The maximum absolute atomic E-state index is 13.0. The zero-order chi connectivity index (χ0) is 21.2. The summed E-state index contributed by atoms with van der Waals surface area (Å²) in [5.74, 6) is 2.36. The smallest absolute Gasteiger partial charge is 0.257 e. The Morgan fingerprint density at radius 1 is 0.968 bits per heavy atom. The van der Waals surface area contributed by atoms with Gasteiger partial charge >= 0.3 is 0 Å². The number of hydrogen-bond acceptors (Lipinski definition) is 6. The third kappa shape index (κ3) is 3.57. The van der Waals surface area contributed by atoms with Crippen LogP contribution < -0.4 is 24.8 Å². The second kappa shape index (κ2) is 7.87. The summed E-state index contributed by atoms with van der Waals surface area (Å²) in [6, 6.07) is 20.5. The van der Waals surface area contributed by atoms with E-state index in [1.807, 2.05) is 48.5 Å². The van der Waals surface area contributed by atoms with Gasteiger partial charge in [-0.3, -0.25) is 4.79 Å². The molecule has 0 bridgehead atoms. The molecule has 7 heteroatoms.